The van der Waals surface area contributed by atoms with Gasteiger partial charge >= 0.3 is 6.03 Å². The Hall–Kier alpha value is -2.90. The van der Waals surface area contributed by atoms with Crippen molar-refractivity contribution >= 4 is 40.6 Å². The van der Waals surface area contributed by atoms with Gasteiger partial charge in [0.05, 0.1) is 11.6 Å². The maximum atomic E-state index is 13.5. The quantitative estimate of drug-likeness (QED) is 0.317. The molecule has 1 aromatic heterocycles. The Balaban J connectivity index is 1.79. The van der Waals surface area contributed by atoms with Gasteiger partial charge in [-0.1, -0.05) is 62.2 Å². The van der Waals surface area contributed by atoms with Crippen molar-refractivity contribution in [3.8, 4) is 0 Å². The minimum Gasteiger partial charge on any atom is -0.332 e. The van der Waals surface area contributed by atoms with Crippen molar-refractivity contribution in [3.63, 3.8) is 0 Å². The Labute approximate surface area is 215 Å². The van der Waals surface area contributed by atoms with Gasteiger partial charge < -0.3 is 15.1 Å². The van der Waals surface area contributed by atoms with Gasteiger partial charge in [-0.05, 0) is 48.7 Å². The van der Waals surface area contributed by atoms with Crippen LogP contribution in [-0.4, -0.2) is 34.8 Å². The molecule has 1 heterocycles. The second-order valence-electron chi connectivity index (χ2n) is 8.70. The number of hydrogen-bond acceptors (Lipinski definition) is 3. The fourth-order valence-electron chi connectivity index (χ4n) is 3.56. The van der Waals surface area contributed by atoms with E-state index >= 15 is 0 Å². The van der Waals surface area contributed by atoms with Crippen LogP contribution in [0.3, 0.4) is 0 Å². The third-order valence-corrected chi connectivity index (χ3v) is 7.00. The van der Waals surface area contributed by atoms with Crippen molar-refractivity contribution < 1.29 is 14.0 Å². The summed E-state index contributed by atoms with van der Waals surface area (Å²) in [7, 11) is 0. The summed E-state index contributed by atoms with van der Waals surface area (Å²) in [6.45, 7) is 7.39. The molecule has 186 valence electrons. The summed E-state index contributed by atoms with van der Waals surface area (Å²) in [5.41, 5.74) is 1.39. The van der Waals surface area contributed by atoms with Crippen LogP contribution in [0.4, 0.5) is 14.9 Å². The molecule has 5 nitrogen and oxygen atoms in total. The number of anilines is 1. The van der Waals surface area contributed by atoms with Gasteiger partial charge in [0.25, 0.3) is 0 Å². The molecule has 0 radical (unpaired) electrons. The Kier molecular flexibility index (Phi) is 9.69. The molecule has 35 heavy (non-hydrogen) atoms. The van der Waals surface area contributed by atoms with E-state index in [4.69, 9.17) is 11.6 Å². The summed E-state index contributed by atoms with van der Waals surface area (Å²) in [5.74, 6) is -0.500. The normalized spacial score (nSPS) is 11.7. The van der Waals surface area contributed by atoms with Gasteiger partial charge in [0.2, 0.25) is 5.91 Å². The second-order valence-corrected chi connectivity index (χ2v) is 10.5. The van der Waals surface area contributed by atoms with Crippen molar-refractivity contribution in [2.24, 2.45) is 5.92 Å². The maximum Gasteiger partial charge on any atom is 0.322 e. The SMILES string of the molecule is CCC(C)CN(CC(=O)N(Cc1ccccc1)Cc1ccc(C)s1)C(=O)Nc1ccc(F)c(Cl)c1. The van der Waals surface area contributed by atoms with E-state index in [1.165, 1.54) is 28.0 Å². The highest BCUT2D eigenvalue weighted by molar-refractivity contribution is 7.11. The van der Waals surface area contributed by atoms with Crippen molar-refractivity contribution in [3.05, 3.63) is 86.8 Å². The van der Waals surface area contributed by atoms with Crippen LogP contribution in [0.5, 0.6) is 0 Å². The zero-order valence-corrected chi connectivity index (χ0v) is 21.8. The van der Waals surface area contributed by atoms with Crippen molar-refractivity contribution in [2.45, 2.75) is 40.3 Å². The van der Waals surface area contributed by atoms with Gasteiger partial charge in [-0.2, -0.15) is 0 Å². The van der Waals surface area contributed by atoms with E-state index in [2.05, 4.69) is 5.32 Å². The third kappa shape index (κ3) is 8.08. The van der Waals surface area contributed by atoms with Crippen LogP contribution >= 0.6 is 22.9 Å². The lowest BCUT2D eigenvalue weighted by atomic mass is 10.1. The van der Waals surface area contributed by atoms with E-state index in [9.17, 15) is 14.0 Å². The van der Waals surface area contributed by atoms with Gasteiger partial charge in [-0.3, -0.25) is 4.79 Å². The zero-order valence-electron chi connectivity index (χ0n) is 20.3. The number of thiophene rings is 1. The molecule has 0 spiro atoms. The number of carbonyl (C=O) groups excluding carboxylic acids is 2. The van der Waals surface area contributed by atoms with Crippen LogP contribution in [0, 0.1) is 18.7 Å². The van der Waals surface area contributed by atoms with E-state index in [0.29, 0.717) is 25.3 Å². The molecule has 0 aliphatic rings. The molecule has 3 aromatic rings. The number of aryl methyl sites for hydroxylation is 1. The number of urea groups is 1. The molecule has 3 rings (SSSR count). The topological polar surface area (TPSA) is 52.7 Å². The molecule has 3 amide bonds. The molecule has 0 bridgehead atoms. The average molecular weight is 516 g/mol. The molecule has 1 atom stereocenters. The first-order valence-corrected chi connectivity index (χ1v) is 12.8. The van der Waals surface area contributed by atoms with Crippen LogP contribution in [-0.2, 0) is 17.9 Å². The number of amides is 3. The third-order valence-electron chi connectivity index (χ3n) is 5.72. The first-order chi connectivity index (χ1) is 16.7. The molecular formula is C27H31ClFN3O2S. The molecule has 8 heteroatoms. The predicted molar refractivity (Wildman–Crippen MR) is 141 cm³/mol. The predicted octanol–water partition coefficient (Wildman–Crippen LogP) is 6.96. The van der Waals surface area contributed by atoms with Gasteiger partial charge in [0.15, 0.2) is 0 Å². The average Bonchev–Trinajstić information content (AvgIpc) is 3.25. The lowest BCUT2D eigenvalue weighted by molar-refractivity contribution is -0.133. The minimum absolute atomic E-state index is 0.0672. The van der Waals surface area contributed by atoms with Crippen LogP contribution in [0.2, 0.25) is 5.02 Å². The Morgan fingerprint density at radius 1 is 1.06 bits per heavy atom. The standard InChI is InChI=1S/C27H31ClFN3O2S/c1-4-19(2)15-32(27(34)30-22-11-13-25(29)24(28)14-22)18-26(33)31(16-21-8-6-5-7-9-21)17-23-12-10-20(3)35-23/h5-14,19H,4,15-18H2,1-3H3,(H,30,34). The second kappa shape index (κ2) is 12.7. The lowest BCUT2D eigenvalue weighted by Gasteiger charge is -2.29. The molecule has 0 fully saturated rings. The summed E-state index contributed by atoms with van der Waals surface area (Å²) in [6, 6.07) is 17.5. The minimum atomic E-state index is -0.559. The highest BCUT2D eigenvalue weighted by Crippen LogP contribution is 2.21. The van der Waals surface area contributed by atoms with Gasteiger partial charge in [0.1, 0.15) is 12.4 Å². The molecule has 2 aromatic carbocycles. The van der Waals surface area contributed by atoms with Crippen LogP contribution in [0.1, 0.15) is 35.6 Å². The molecular weight excluding hydrogens is 485 g/mol. The van der Waals surface area contributed by atoms with E-state index in [1.54, 1.807) is 16.2 Å². The van der Waals surface area contributed by atoms with E-state index in [0.717, 1.165) is 16.9 Å². The highest BCUT2D eigenvalue weighted by atomic mass is 35.5. The van der Waals surface area contributed by atoms with Crippen LogP contribution < -0.4 is 5.32 Å². The van der Waals surface area contributed by atoms with E-state index < -0.39 is 11.8 Å². The zero-order chi connectivity index (χ0) is 25.4. The number of halogens is 2. The van der Waals surface area contributed by atoms with Crippen molar-refractivity contribution in [2.75, 3.05) is 18.4 Å². The summed E-state index contributed by atoms with van der Waals surface area (Å²) in [5, 5.41) is 2.68. The number of rotatable bonds is 10. The number of nitrogens with zero attached hydrogens (tertiary/aromatic N) is 2. The van der Waals surface area contributed by atoms with Crippen LogP contribution in [0.15, 0.2) is 60.7 Å². The number of carbonyl (C=O) groups is 2. The summed E-state index contributed by atoms with van der Waals surface area (Å²) < 4.78 is 13.5. The smallest absolute Gasteiger partial charge is 0.322 e. The molecule has 0 aliphatic carbocycles. The Morgan fingerprint density at radius 3 is 2.43 bits per heavy atom. The molecule has 0 saturated heterocycles. The van der Waals surface area contributed by atoms with Crippen LogP contribution in [0.25, 0.3) is 0 Å². The van der Waals surface area contributed by atoms with Crippen molar-refractivity contribution in [1.29, 1.82) is 0 Å². The molecule has 1 unspecified atom stereocenters. The van der Waals surface area contributed by atoms with Crippen molar-refractivity contribution in [1.82, 2.24) is 9.80 Å². The fourth-order valence-corrected chi connectivity index (χ4v) is 4.65. The molecule has 0 aliphatic heterocycles. The maximum absolute atomic E-state index is 13.5. The number of hydrogen-bond donors (Lipinski definition) is 1. The fraction of sp³-hybridized carbons (Fsp3) is 0.333. The molecule has 0 saturated carbocycles. The number of benzene rings is 2. The largest absolute Gasteiger partial charge is 0.332 e. The number of nitrogens with one attached hydrogen (secondary N) is 1. The Morgan fingerprint density at radius 2 is 1.80 bits per heavy atom. The summed E-state index contributed by atoms with van der Waals surface area (Å²) >= 11 is 7.52. The first-order valence-electron chi connectivity index (χ1n) is 11.6. The van der Waals surface area contributed by atoms with Gasteiger partial charge in [-0.15, -0.1) is 11.3 Å². The summed E-state index contributed by atoms with van der Waals surface area (Å²) in [6.07, 6.45) is 0.864. The highest BCUT2D eigenvalue weighted by Gasteiger charge is 2.24. The van der Waals surface area contributed by atoms with Gasteiger partial charge in [-0.25, -0.2) is 9.18 Å². The monoisotopic (exact) mass is 515 g/mol. The first kappa shape index (κ1) is 26.7. The van der Waals surface area contributed by atoms with E-state index in [1.807, 2.05) is 63.2 Å². The van der Waals surface area contributed by atoms with E-state index in [-0.39, 0.29) is 23.4 Å². The lowest BCUT2D eigenvalue weighted by Crippen LogP contribution is -2.45. The molecule has 1 N–H and O–H groups in total. The van der Waals surface area contributed by atoms with Gasteiger partial charge in [0, 0.05) is 28.5 Å². The summed E-state index contributed by atoms with van der Waals surface area (Å²) in [4.78, 5) is 32.3. The Bertz CT molecular complexity index is 1140.